The van der Waals surface area contributed by atoms with E-state index in [1.807, 2.05) is 6.07 Å². The van der Waals surface area contributed by atoms with Gasteiger partial charge in [-0.25, -0.2) is 4.98 Å². The van der Waals surface area contributed by atoms with Crippen LogP contribution in [0.15, 0.2) is 18.3 Å². The molecule has 3 N–H and O–H groups in total. The molecule has 0 unspecified atom stereocenters. The van der Waals surface area contributed by atoms with Crippen molar-refractivity contribution in [2.24, 2.45) is 0 Å². The smallest absolute Gasteiger partial charge is 0.198 e. The first-order chi connectivity index (χ1) is 8.19. The van der Waals surface area contributed by atoms with E-state index in [9.17, 15) is 0 Å². The van der Waals surface area contributed by atoms with E-state index in [1.54, 1.807) is 12.1 Å². The van der Waals surface area contributed by atoms with Gasteiger partial charge in [0, 0.05) is 11.6 Å². The molecule has 2 aromatic heterocycles. The van der Waals surface area contributed by atoms with Crippen molar-refractivity contribution < 1.29 is 0 Å². The third-order valence-electron chi connectivity index (χ3n) is 2.54. The molecular formula is C11H6ClN5. The van der Waals surface area contributed by atoms with Gasteiger partial charge in [-0.2, -0.15) is 5.26 Å². The number of nitrogens with zero attached hydrogens (tertiary/aromatic N) is 3. The summed E-state index contributed by atoms with van der Waals surface area (Å²) >= 11 is 6.12. The third kappa shape index (κ3) is 1.39. The number of aromatic amines is 1. The van der Waals surface area contributed by atoms with E-state index in [1.165, 1.54) is 6.20 Å². The zero-order valence-electron chi connectivity index (χ0n) is 8.53. The Bertz CT molecular complexity index is 784. The molecule has 3 rings (SSSR count). The van der Waals surface area contributed by atoms with Crippen LogP contribution in [0.3, 0.4) is 0 Å². The molecule has 0 fully saturated rings. The second-order valence-corrected chi connectivity index (χ2v) is 3.98. The first kappa shape index (κ1) is 9.87. The maximum atomic E-state index is 8.88. The van der Waals surface area contributed by atoms with Crippen LogP contribution in [0, 0.1) is 11.3 Å². The molecule has 17 heavy (non-hydrogen) atoms. The van der Waals surface area contributed by atoms with E-state index in [-0.39, 0.29) is 0 Å². The minimum absolute atomic E-state index is 0.340. The second kappa shape index (κ2) is 3.34. The Balaban J connectivity index is 2.48. The number of nitriles is 1. The van der Waals surface area contributed by atoms with Crippen molar-refractivity contribution >= 4 is 39.5 Å². The fourth-order valence-electron chi connectivity index (χ4n) is 1.76. The van der Waals surface area contributed by atoms with Gasteiger partial charge in [0.1, 0.15) is 6.07 Å². The number of anilines is 1. The molecule has 0 saturated heterocycles. The number of aromatic nitrogens is 3. The summed E-state index contributed by atoms with van der Waals surface area (Å²) in [7, 11) is 0. The highest BCUT2D eigenvalue weighted by atomic mass is 35.5. The van der Waals surface area contributed by atoms with Gasteiger partial charge in [-0.05, 0) is 12.1 Å². The molecule has 0 spiro atoms. The summed E-state index contributed by atoms with van der Waals surface area (Å²) in [6.07, 6.45) is 1.45. The van der Waals surface area contributed by atoms with Gasteiger partial charge in [-0.1, -0.05) is 11.6 Å². The predicted octanol–water partition coefficient (Wildman–Crippen LogP) is 2.22. The van der Waals surface area contributed by atoms with Crippen LogP contribution in [0.25, 0.3) is 21.9 Å². The largest absolute Gasteiger partial charge is 0.369 e. The Morgan fingerprint density at radius 3 is 2.94 bits per heavy atom. The summed E-state index contributed by atoms with van der Waals surface area (Å²) in [5, 5.41) is 9.97. The molecule has 0 atom stereocenters. The molecule has 6 heteroatoms. The third-order valence-corrected chi connectivity index (χ3v) is 2.95. The topological polar surface area (TPSA) is 91.4 Å². The molecule has 0 aliphatic heterocycles. The van der Waals surface area contributed by atoms with E-state index in [0.29, 0.717) is 33.0 Å². The zero-order valence-corrected chi connectivity index (χ0v) is 9.28. The Hall–Kier alpha value is -2.32. The number of benzene rings is 1. The number of rotatable bonds is 0. The number of pyridine rings is 1. The van der Waals surface area contributed by atoms with Crippen LogP contribution in [0.5, 0.6) is 0 Å². The van der Waals surface area contributed by atoms with Gasteiger partial charge < -0.3 is 10.7 Å². The fourth-order valence-corrected chi connectivity index (χ4v) is 2.00. The minimum Gasteiger partial charge on any atom is -0.369 e. The Labute approximate surface area is 101 Å². The zero-order chi connectivity index (χ0) is 12.0. The number of halogens is 1. The van der Waals surface area contributed by atoms with Crippen LogP contribution in [0.1, 0.15) is 5.56 Å². The number of hydrogen-bond donors (Lipinski definition) is 2. The SMILES string of the molecule is N#Cc1cnc2cc3[nH]c(N)nc3cc2c1Cl. The number of nitrogen functional groups attached to an aromatic ring is 1. The van der Waals surface area contributed by atoms with Crippen LogP contribution in [-0.2, 0) is 0 Å². The fraction of sp³-hybridized carbons (Fsp3) is 0. The van der Waals surface area contributed by atoms with Gasteiger partial charge in [0.2, 0.25) is 0 Å². The number of fused-ring (bicyclic) bond motifs is 2. The maximum absolute atomic E-state index is 8.88. The van der Waals surface area contributed by atoms with E-state index in [4.69, 9.17) is 22.6 Å². The lowest BCUT2D eigenvalue weighted by atomic mass is 10.1. The molecule has 0 saturated carbocycles. The second-order valence-electron chi connectivity index (χ2n) is 3.61. The molecule has 82 valence electrons. The quantitative estimate of drug-likeness (QED) is 0.633. The minimum atomic E-state index is 0.340. The van der Waals surface area contributed by atoms with Gasteiger partial charge in [0.15, 0.2) is 5.95 Å². The van der Waals surface area contributed by atoms with Gasteiger partial charge in [0.05, 0.1) is 27.1 Å². The molecule has 3 aromatic rings. The van der Waals surface area contributed by atoms with Crippen LogP contribution in [0.4, 0.5) is 5.95 Å². The summed E-state index contributed by atoms with van der Waals surface area (Å²) in [4.78, 5) is 11.2. The average Bonchev–Trinajstić information content (AvgIpc) is 2.67. The van der Waals surface area contributed by atoms with Crippen molar-refractivity contribution in [1.29, 1.82) is 5.26 Å². The van der Waals surface area contributed by atoms with Crippen molar-refractivity contribution in [2.45, 2.75) is 0 Å². The lowest BCUT2D eigenvalue weighted by Crippen LogP contribution is -1.85. The van der Waals surface area contributed by atoms with E-state index < -0.39 is 0 Å². The number of hydrogen-bond acceptors (Lipinski definition) is 4. The monoisotopic (exact) mass is 243 g/mol. The summed E-state index contributed by atoms with van der Waals surface area (Å²) in [5.41, 5.74) is 8.12. The standard InChI is InChI=1S/C11H6ClN5/c12-10-5(3-13)4-15-7-2-9-8(1-6(7)10)16-11(14)17-9/h1-2,4H,(H3,14,16,17). The molecule has 2 heterocycles. The van der Waals surface area contributed by atoms with E-state index >= 15 is 0 Å². The summed E-state index contributed by atoms with van der Waals surface area (Å²) in [6, 6.07) is 5.57. The normalized spacial score (nSPS) is 10.8. The molecule has 0 aliphatic rings. The molecule has 0 radical (unpaired) electrons. The first-order valence-corrected chi connectivity index (χ1v) is 5.20. The van der Waals surface area contributed by atoms with Crippen LogP contribution in [-0.4, -0.2) is 15.0 Å². The summed E-state index contributed by atoms with van der Waals surface area (Å²) < 4.78 is 0. The summed E-state index contributed by atoms with van der Waals surface area (Å²) in [5.74, 6) is 0.340. The van der Waals surface area contributed by atoms with Crippen LogP contribution < -0.4 is 5.73 Å². The van der Waals surface area contributed by atoms with Crippen molar-refractivity contribution in [1.82, 2.24) is 15.0 Å². The van der Waals surface area contributed by atoms with Crippen molar-refractivity contribution in [3.05, 3.63) is 28.9 Å². The number of nitrogens with two attached hydrogens (primary N) is 1. The molecule has 1 aromatic carbocycles. The average molecular weight is 244 g/mol. The van der Waals surface area contributed by atoms with Crippen LogP contribution >= 0.6 is 11.6 Å². The van der Waals surface area contributed by atoms with Crippen molar-refractivity contribution in [2.75, 3.05) is 5.73 Å². The molecule has 0 amide bonds. The Kier molecular flexibility index (Phi) is 1.94. The lowest BCUT2D eigenvalue weighted by Gasteiger charge is -2.01. The Morgan fingerprint density at radius 2 is 2.18 bits per heavy atom. The van der Waals surface area contributed by atoms with E-state index in [2.05, 4.69) is 15.0 Å². The van der Waals surface area contributed by atoms with Gasteiger partial charge in [-0.3, -0.25) is 4.98 Å². The molecule has 0 bridgehead atoms. The molecular weight excluding hydrogens is 238 g/mol. The number of H-pyrrole nitrogens is 1. The number of imidazole rings is 1. The predicted molar refractivity (Wildman–Crippen MR) is 65.5 cm³/mol. The highest BCUT2D eigenvalue weighted by Gasteiger charge is 2.09. The van der Waals surface area contributed by atoms with Gasteiger partial charge >= 0.3 is 0 Å². The highest BCUT2D eigenvalue weighted by molar-refractivity contribution is 6.36. The number of nitrogens with one attached hydrogen (secondary N) is 1. The van der Waals surface area contributed by atoms with Crippen LogP contribution in [0.2, 0.25) is 5.02 Å². The first-order valence-electron chi connectivity index (χ1n) is 4.82. The van der Waals surface area contributed by atoms with Gasteiger partial charge in [0.25, 0.3) is 0 Å². The Morgan fingerprint density at radius 1 is 1.35 bits per heavy atom. The lowest BCUT2D eigenvalue weighted by molar-refractivity contribution is 1.35. The van der Waals surface area contributed by atoms with Crippen molar-refractivity contribution in [3.8, 4) is 6.07 Å². The molecule has 5 nitrogen and oxygen atoms in total. The van der Waals surface area contributed by atoms with Crippen molar-refractivity contribution in [3.63, 3.8) is 0 Å². The van der Waals surface area contributed by atoms with E-state index in [0.717, 1.165) is 5.52 Å². The van der Waals surface area contributed by atoms with Gasteiger partial charge in [-0.15, -0.1) is 0 Å². The highest BCUT2D eigenvalue weighted by Crippen LogP contribution is 2.28. The molecule has 0 aliphatic carbocycles. The summed E-state index contributed by atoms with van der Waals surface area (Å²) in [6.45, 7) is 0. The maximum Gasteiger partial charge on any atom is 0.198 e.